The minimum absolute atomic E-state index is 0. The van der Waals surface area contributed by atoms with Crippen molar-refractivity contribution in [2.75, 3.05) is 0 Å². The molecule has 1 radical (unpaired) electrons. The second kappa shape index (κ2) is 7.40. The Hall–Kier alpha value is -1.66. The van der Waals surface area contributed by atoms with Crippen LogP contribution in [0.2, 0.25) is 5.02 Å². The van der Waals surface area contributed by atoms with E-state index in [4.69, 9.17) is 16.6 Å². The number of aromatic nitrogens is 5. The summed E-state index contributed by atoms with van der Waals surface area (Å²) in [6.07, 6.45) is 3.67. The van der Waals surface area contributed by atoms with Crippen molar-refractivity contribution in [3.63, 3.8) is 0 Å². The molecule has 0 saturated heterocycles. The van der Waals surface area contributed by atoms with Gasteiger partial charge in [-0.1, -0.05) is 29.8 Å². The molecule has 1 aromatic carbocycles. The maximum Gasteiger partial charge on any atom is 0.157 e. The summed E-state index contributed by atoms with van der Waals surface area (Å²) < 4.78 is 2.01. The van der Waals surface area contributed by atoms with E-state index in [1.54, 1.807) is 0 Å². The molecular formula is C20H20ClN5Na. The monoisotopic (exact) mass is 388 g/mol. The molecule has 0 fully saturated rings. The van der Waals surface area contributed by atoms with Gasteiger partial charge < -0.3 is 4.98 Å². The number of H-pyrrole nitrogens is 1. The van der Waals surface area contributed by atoms with E-state index in [-0.39, 0.29) is 35.1 Å². The molecule has 0 aliphatic rings. The predicted molar refractivity (Wildman–Crippen MR) is 111 cm³/mol. The molecule has 0 bridgehead atoms. The zero-order chi connectivity index (χ0) is 18.5. The predicted octanol–water partition coefficient (Wildman–Crippen LogP) is 4.82. The van der Waals surface area contributed by atoms with E-state index >= 15 is 0 Å². The van der Waals surface area contributed by atoms with Crippen LogP contribution in [0, 0.1) is 6.92 Å². The molecule has 0 saturated carbocycles. The Morgan fingerprint density at radius 1 is 1.07 bits per heavy atom. The molecular weight excluding hydrogens is 369 g/mol. The van der Waals surface area contributed by atoms with Crippen molar-refractivity contribution in [2.45, 2.75) is 33.2 Å². The molecule has 0 amide bonds. The molecule has 3 heterocycles. The van der Waals surface area contributed by atoms with Crippen LogP contribution in [-0.2, 0) is 5.54 Å². The van der Waals surface area contributed by atoms with Crippen molar-refractivity contribution in [3.05, 3.63) is 53.4 Å². The van der Waals surface area contributed by atoms with E-state index < -0.39 is 0 Å². The van der Waals surface area contributed by atoms with Crippen LogP contribution in [0.1, 0.15) is 26.5 Å². The van der Waals surface area contributed by atoms with Gasteiger partial charge in [0.1, 0.15) is 11.3 Å². The van der Waals surface area contributed by atoms with Crippen LogP contribution in [0.15, 0.2) is 42.7 Å². The van der Waals surface area contributed by atoms with Gasteiger partial charge in [-0.25, -0.2) is 9.97 Å². The third-order valence-electron chi connectivity index (χ3n) is 4.42. The number of nitrogens with one attached hydrogen (secondary N) is 1. The number of hydrogen-bond donors (Lipinski definition) is 1. The zero-order valence-corrected chi connectivity index (χ0v) is 19.0. The van der Waals surface area contributed by atoms with Crippen LogP contribution < -0.4 is 0 Å². The van der Waals surface area contributed by atoms with E-state index in [1.165, 1.54) is 0 Å². The Bertz CT molecular complexity index is 1110. The second-order valence-electron chi connectivity index (χ2n) is 7.38. The van der Waals surface area contributed by atoms with Gasteiger partial charge in [0.15, 0.2) is 5.65 Å². The molecule has 0 atom stereocenters. The molecule has 0 aliphatic heterocycles. The largest absolute Gasteiger partial charge is 0.323 e. The van der Waals surface area contributed by atoms with E-state index in [0.29, 0.717) is 5.02 Å². The first-order chi connectivity index (χ1) is 12.3. The Morgan fingerprint density at radius 3 is 2.48 bits per heavy atom. The molecule has 4 aromatic rings. The second-order valence-corrected chi connectivity index (χ2v) is 7.79. The fraction of sp³-hybridized carbons (Fsp3) is 0.250. The minimum atomic E-state index is -0.0795. The van der Waals surface area contributed by atoms with E-state index in [1.807, 2.05) is 47.4 Å². The molecule has 133 valence electrons. The third kappa shape index (κ3) is 3.69. The van der Waals surface area contributed by atoms with Gasteiger partial charge in [-0.3, -0.25) is 4.68 Å². The van der Waals surface area contributed by atoms with E-state index in [0.717, 1.165) is 39.4 Å². The number of aromatic amines is 1. The minimum Gasteiger partial charge on any atom is -0.323 e. The van der Waals surface area contributed by atoms with Crippen LogP contribution >= 0.6 is 11.6 Å². The topological polar surface area (TPSA) is 59.4 Å². The van der Waals surface area contributed by atoms with Crippen LogP contribution in [0.3, 0.4) is 0 Å². The van der Waals surface area contributed by atoms with Gasteiger partial charge in [0.25, 0.3) is 0 Å². The number of imidazole rings is 1. The van der Waals surface area contributed by atoms with Crippen molar-refractivity contribution >= 4 is 52.3 Å². The molecule has 27 heavy (non-hydrogen) atoms. The summed E-state index contributed by atoms with van der Waals surface area (Å²) in [4.78, 5) is 12.6. The number of rotatable bonds is 2. The summed E-state index contributed by atoms with van der Waals surface area (Å²) in [6.45, 7) is 8.45. The fourth-order valence-corrected chi connectivity index (χ4v) is 3.43. The number of hydrogen-bond acceptors (Lipinski definition) is 3. The summed E-state index contributed by atoms with van der Waals surface area (Å²) in [5.74, 6) is 0.775. The van der Waals surface area contributed by atoms with Gasteiger partial charge >= 0.3 is 0 Å². The number of pyridine rings is 1. The van der Waals surface area contributed by atoms with Crippen molar-refractivity contribution in [2.24, 2.45) is 0 Å². The Balaban J connectivity index is 0.00000210. The van der Waals surface area contributed by atoms with Gasteiger partial charge in [-0.05, 0) is 39.8 Å². The van der Waals surface area contributed by atoms with Crippen molar-refractivity contribution < 1.29 is 0 Å². The SMILES string of the molecule is Cc1c(-c2nc3cc(-c4ccccc4Cl)cnc3[nH]2)cnn1C(C)(C)C.[Na]. The summed E-state index contributed by atoms with van der Waals surface area (Å²) in [7, 11) is 0. The van der Waals surface area contributed by atoms with E-state index in [2.05, 4.69) is 42.8 Å². The molecule has 5 nitrogen and oxygen atoms in total. The first kappa shape index (κ1) is 20.1. The summed E-state index contributed by atoms with van der Waals surface area (Å²) in [5, 5.41) is 5.23. The standard InChI is InChI=1S/C20H20ClN5.Na/c1-12-15(11-23-26(12)20(2,3)4)18-24-17-9-13(10-22-19(17)25-18)14-7-5-6-8-16(14)21;/h5-11H,1-4H3,(H,22,24,25);. The first-order valence-electron chi connectivity index (χ1n) is 8.51. The Kier molecular flexibility index (Phi) is 5.50. The van der Waals surface area contributed by atoms with Crippen LogP contribution in [0.5, 0.6) is 0 Å². The van der Waals surface area contributed by atoms with E-state index in [9.17, 15) is 0 Å². The van der Waals surface area contributed by atoms with Crippen molar-refractivity contribution in [1.82, 2.24) is 24.7 Å². The van der Waals surface area contributed by atoms with Gasteiger partial charge in [-0.15, -0.1) is 0 Å². The molecule has 4 rings (SSSR count). The summed E-state index contributed by atoms with van der Waals surface area (Å²) in [5.41, 5.74) is 5.43. The Labute approximate surface area is 185 Å². The fourth-order valence-electron chi connectivity index (χ4n) is 3.18. The molecule has 0 unspecified atom stereocenters. The maximum atomic E-state index is 6.31. The zero-order valence-electron chi connectivity index (χ0n) is 16.2. The third-order valence-corrected chi connectivity index (χ3v) is 4.75. The molecule has 0 spiro atoms. The molecule has 7 heteroatoms. The van der Waals surface area contributed by atoms with Crippen LogP contribution in [-0.4, -0.2) is 54.3 Å². The first-order valence-corrected chi connectivity index (χ1v) is 8.88. The number of benzene rings is 1. The van der Waals surface area contributed by atoms with Gasteiger partial charge in [0.05, 0.1) is 17.3 Å². The number of fused-ring (bicyclic) bond motifs is 1. The molecule has 0 aliphatic carbocycles. The summed E-state index contributed by atoms with van der Waals surface area (Å²) in [6, 6.07) is 9.75. The quantitative estimate of drug-likeness (QED) is 0.500. The summed E-state index contributed by atoms with van der Waals surface area (Å²) >= 11 is 6.31. The Morgan fingerprint density at radius 2 is 1.81 bits per heavy atom. The van der Waals surface area contributed by atoms with Crippen LogP contribution in [0.25, 0.3) is 33.7 Å². The molecule has 1 N–H and O–H groups in total. The van der Waals surface area contributed by atoms with Gasteiger partial charge in [0.2, 0.25) is 0 Å². The smallest absolute Gasteiger partial charge is 0.157 e. The van der Waals surface area contributed by atoms with Crippen molar-refractivity contribution in [1.29, 1.82) is 0 Å². The van der Waals surface area contributed by atoms with Crippen LogP contribution in [0.4, 0.5) is 0 Å². The van der Waals surface area contributed by atoms with Gasteiger partial charge in [-0.2, -0.15) is 5.10 Å². The molecule has 3 aromatic heterocycles. The van der Waals surface area contributed by atoms with Gasteiger partial charge in [0, 0.05) is 57.6 Å². The van der Waals surface area contributed by atoms with Crippen molar-refractivity contribution in [3.8, 4) is 22.5 Å². The number of nitrogens with zero attached hydrogens (tertiary/aromatic N) is 4. The normalized spacial score (nSPS) is 11.6. The average molecular weight is 389 g/mol. The number of halogens is 1. The average Bonchev–Trinajstić information content (AvgIpc) is 3.17. The maximum absolute atomic E-state index is 6.31.